The number of amides is 1. The number of nitrogens with zero attached hydrogens (tertiary/aromatic N) is 2. The van der Waals surface area contributed by atoms with Crippen molar-refractivity contribution in [1.29, 1.82) is 5.26 Å². The minimum atomic E-state index is -1.15. The van der Waals surface area contributed by atoms with E-state index in [1.807, 2.05) is 6.07 Å². The maximum absolute atomic E-state index is 12.7. The number of nitro groups is 1. The van der Waals surface area contributed by atoms with Gasteiger partial charge in [0.25, 0.3) is 11.6 Å². The van der Waals surface area contributed by atoms with Crippen LogP contribution in [-0.2, 0) is 17.8 Å². The zero-order valence-electron chi connectivity index (χ0n) is 20.3. The molecule has 0 aliphatic carbocycles. The molecule has 2 N–H and O–H groups in total. The van der Waals surface area contributed by atoms with Crippen molar-refractivity contribution >= 4 is 29.3 Å². The molecule has 38 heavy (non-hydrogen) atoms. The molecule has 0 saturated heterocycles. The first-order chi connectivity index (χ1) is 18.2. The number of anilines is 1. The van der Waals surface area contributed by atoms with E-state index >= 15 is 0 Å². The number of carbonyl (C=O) groups excluding carboxylic acids is 1. The molecule has 0 heterocycles. The second-order valence-electron chi connectivity index (χ2n) is 7.93. The fraction of sp³-hybridized carbons (Fsp3) is 0.107. The Kier molecular flexibility index (Phi) is 8.94. The zero-order chi connectivity index (χ0) is 27.7. The molecular weight excluding hydrogens is 490 g/mol. The number of aromatic carboxylic acids is 1. The van der Waals surface area contributed by atoms with Gasteiger partial charge in [0, 0.05) is 23.4 Å². The summed E-state index contributed by atoms with van der Waals surface area (Å²) in [6.45, 7) is 3.80. The van der Waals surface area contributed by atoms with E-state index in [2.05, 4.69) is 11.9 Å². The molecule has 3 aromatic rings. The summed E-state index contributed by atoms with van der Waals surface area (Å²) in [6.07, 6.45) is 3.39. The number of non-ortho nitro benzene ring substituents is 1. The summed E-state index contributed by atoms with van der Waals surface area (Å²) in [6, 6.07) is 16.9. The number of benzene rings is 3. The van der Waals surface area contributed by atoms with Crippen LogP contribution in [0.1, 0.15) is 27.0 Å². The van der Waals surface area contributed by atoms with Crippen molar-refractivity contribution < 1.29 is 29.1 Å². The molecule has 0 unspecified atom stereocenters. The number of allylic oxidation sites excluding steroid dienone is 1. The Morgan fingerprint density at radius 3 is 2.61 bits per heavy atom. The Hall–Kier alpha value is -5.43. The first-order valence-electron chi connectivity index (χ1n) is 11.2. The summed E-state index contributed by atoms with van der Waals surface area (Å²) >= 11 is 0. The first kappa shape index (κ1) is 27.2. The third-order valence-corrected chi connectivity index (χ3v) is 5.29. The minimum absolute atomic E-state index is 0.00946. The molecule has 0 saturated carbocycles. The average molecular weight is 514 g/mol. The van der Waals surface area contributed by atoms with E-state index in [0.29, 0.717) is 34.6 Å². The van der Waals surface area contributed by atoms with Gasteiger partial charge in [-0.2, -0.15) is 5.26 Å². The van der Waals surface area contributed by atoms with Crippen molar-refractivity contribution in [2.24, 2.45) is 0 Å². The van der Waals surface area contributed by atoms with Crippen molar-refractivity contribution in [1.82, 2.24) is 0 Å². The maximum Gasteiger partial charge on any atom is 0.335 e. The van der Waals surface area contributed by atoms with Crippen LogP contribution in [0.3, 0.4) is 0 Å². The summed E-state index contributed by atoms with van der Waals surface area (Å²) in [7, 11) is 1.44. The predicted molar refractivity (Wildman–Crippen MR) is 140 cm³/mol. The predicted octanol–water partition coefficient (Wildman–Crippen LogP) is 5.15. The molecule has 3 aromatic carbocycles. The fourth-order valence-corrected chi connectivity index (χ4v) is 3.55. The number of nitro benzene ring substituents is 1. The lowest BCUT2D eigenvalue weighted by Gasteiger charge is -2.16. The molecule has 1 amide bonds. The van der Waals surface area contributed by atoms with Gasteiger partial charge in [0.15, 0.2) is 11.5 Å². The van der Waals surface area contributed by atoms with Gasteiger partial charge in [-0.25, -0.2) is 4.79 Å². The molecule has 0 aliphatic heterocycles. The topological polar surface area (TPSA) is 152 Å². The second kappa shape index (κ2) is 12.5. The van der Waals surface area contributed by atoms with Crippen molar-refractivity contribution in [3.63, 3.8) is 0 Å². The van der Waals surface area contributed by atoms with E-state index < -0.39 is 16.8 Å². The Labute approximate surface area is 218 Å². The second-order valence-corrected chi connectivity index (χ2v) is 7.93. The van der Waals surface area contributed by atoms with E-state index in [9.17, 15) is 25.0 Å². The lowest BCUT2D eigenvalue weighted by molar-refractivity contribution is -0.384. The molecule has 192 valence electrons. The Morgan fingerprint density at radius 1 is 1.18 bits per heavy atom. The number of rotatable bonds is 11. The van der Waals surface area contributed by atoms with E-state index in [4.69, 9.17) is 14.6 Å². The molecule has 10 nitrogen and oxygen atoms in total. The SMILES string of the molecule is C=CCc1cc(/C=C(/C#N)C(=O)Nc2cccc(C(=O)O)c2)cc(OC)c1OCc1cccc([N+](=O)[O-])c1. The van der Waals surface area contributed by atoms with Crippen molar-refractivity contribution in [3.05, 3.63) is 111 Å². The Balaban J connectivity index is 1.90. The van der Waals surface area contributed by atoms with Crippen LogP contribution < -0.4 is 14.8 Å². The van der Waals surface area contributed by atoms with E-state index in [1.54, 1.807) is 30.3 Å². The van der Waals surface area contributed by atoms with E-state index in [1.165, 1.54) is 49.6 Å². The molecule has 10 heteroatoms. The quantitative estimate of drug-likeness (QED) is 0.117. The molecule has 3 rings (SSSR count). The van der Waals surface area contributed by atoms with Gasteiger partial charge in [0.2, 0.25) is 0 Å². The highest BCUT2D eigenvalue weighted by Gasteiger charge is 2.16. The highest BCUT2D eigenvalue weighted by Crippen LogP contribution is 2.35. The number of carboxylic acids is 1. The van der Waals surface area contributed by atoms with Gasteiger partial charge >= 0.3 is 5.97 Å². The number of carboxylic acid groups (broad SMARTS) is 1. The number of ether oxygens (including phenoxy) is 2. The van der Waals surface area contributed by atoms with E-state index in [0.717, 1.165) is 0 Å². The van der Waals surface area contributed by atoms with Crippen LogP contribution in [0.4, 0.5) is 11.4 Å². The van der Waals surface area contributed by atoms with E-state index in [-0.39, 0.29) is 29.1 Å². The summed E-state index contributed by atoms with van der Waals surface area (Å²) < 4.78 is 11.5. The number of nitriles is 1. The summed E-state index contributed by atoms with van der Waals surface area (Å²) in [5.41, 5.74) is 1.67. The van der Waals surface area contributed by atoms with Gasteiger partial charge in [0.05, 0.1) is 17.6 Å². The number of methoxy groups -OCH3 is 1. The molecule has 0 atom stereocenters. The van der Waals surface area contributed by atoms with Crippen LogP contribution in [0, 0.1) is 21.4 Å². The van der Waals surface area contributed by atoms with Gasteiger partial charge in [-0.1, -0.05) is 24.3 Å². The largest absolute Gasteiger partial charge is 0.493 e. The molecular formula is C28H23N3O7. The maximum atomic E-state index is 12.7. The zero-order valence-corrected chi connectivity index (χ0v) is 20.3. The van der Waals surface area contributed by atoms with Gasteiger partial charge in [-0.3, -0.25) is 14.9 Å². The fourth-order valence-electron chi connectivity index (χ4n) is 3.55. The third-order valence-electron chi connectivity index (χ3n) is 5.29. The van der Waals surface area contributed by atoms with Crippen LogP contribution in [0.15, 0.2) is 78.9 Å². The molecule has 0 fully saturated rings. The van der Waals surface area contributed by atoms with Crippen molar-refractivity contribution in [3.8, 4) is 17.6 Å². The summed E-state index contributed by atoms with van der Waals surface area (Å²) in [5, 5.41) is 32.3. The highest BCUT2D eigenvalue weighted by atomic mass is 16.6. The average Bonchev–Trinajstić information content (AvgIpc) is 2.91. The van der Waals surface area contributed by atoms with Crippen molar-refractivity contribution in [2.75, 3.05) is 12.4 Å². The monoisotopic (exact) mass is 513 g/mol. The van der Waals surface area contributed by atoms with Crippen LogP contribution in [0.5, 0.6) is 11.5 Å². The molecule has 0 aliphatic rings. The van der Waals surface area contributed by atoms with Gasteiger partial charge < -0.3 is 19.9 Å². The van der Waals surface area contributed by atoms with Gasteiger partial charge in [-0.05, 0) is 54.0 Å². The lowest BCUT2D eigenvalue weighted by atomic mass is 10.0. The number of nitrogens with one attached hydrogen (secondary N) is 1. The minimum Gasteiger partial charge on any atom is -0.493 e. The standard InChI is InChI=1S/C28H23N3O7/c1-3-6-20-11-19(12-22(16-29)27(32)30-23-9-5-8-21(15-23)28(33)34)14-25(37-2)26(20)38-17-18-7-4-10-24(13-18)31(35)36/h3-5,7-15H,1,6,17H2,2H3,(H,30,32)(H,33,34)/b22-12-. The molecule has 0 spiro atoms. The number of hydrogen-bond acceptors (Lipinski definition) is 7. The summed E-state index contributed by atoms with van der Waals surface area (Å²) in [4.78, 5) is 34.5. The number of carbonyl (C=O) groups is 2. The first-order valence-corrected chi connectivity index (χ1v) is 11.2. The molecule has 0 radical (unpaired) electrons. The van der Waals surface area contributed by atoms with Crippen LogP contribution in [-0.4, -0.2) is 29.0 Å². The van der Waals surface area contributed by atoms with Gasteiger partial charge in [-0.15, -0.1) is 6.58 Å². The van der Waals surface area contributed by atoms with Gasteiger partial charge in [0.1, 0.15) is 18.2 Å². The number of hydrogen-bond donors (Lipinski definition) is 2. The Morgan fingerprint density at radius 2 is 1.95 bits per heavy atom. The van der Waals surface area contributed by atoms with Crippen LogP contribution >= 0.6 is 0 Å². The molecule has 0 aromatic heterocycles. The van der Waals surface area contributed by atoms with Crippen LogP contribution in [0.2, 0.25) is 0 Å². The lowest BCUT2D eigenvalue weighted by Crippen LogP contribution is -2.14. The normalized spacial score (nSPS) is 10.7. The Bertz CT molecular complexity index is 1470. The third kappa shape index (κ3) is 6.83. The highest BCUT2D eigenvalue weighted by molar-refractivity contribution is 6.10. The molecule has 0 bridgehead atoms. The smallest absolute Gasteiger partial charge is 0.335 e. The van der Waals surface area contributed by atoms with Crippen molar-refractivity contribution in [2.45, 2.75) is 13.0 Å². The van der Waals surface area contributed by atoms with Crippen LogP contribution in [0.25, 0.3) is 6.08 Å². The summed E-state index contributed by atoms with van der Waals surface area (Å²) in [5.74, 6) is -1.14.